The molecule has 154 valence electrons. The summed E-state index contributed by atoms with van der Waals surface area (Å²) in [7, 11) is 3.26. The summed E-state index contributed by atoms with van der Waals surface area (Å²) in [5.41, 5.74) is 0.945. The van der Waals surface area contributed by atoms with E-state index in [1.54, 1.807) is 14.2 Å². The second kappa shape index (κ2) is 14.4. The fraction of sp³-hybridized carbons (Fsp3) is 0.632. The smallest absolute Gasteiger partial charge is 0.191 e. The summed E-state index contributed by atoms with van der Waals surface area (Å²) >= 11 is 6.32. The molecular formula is C19H32ClN3O4. The van der Waals surface area contributed by atoms with Crippen molar-refractivity contribution in [2.24, 2.45) is 4.99 Å². The van der Waals surface area contributed by atoms with Gasteiger partial charge in [0.05, 0.1) is 38.5 Å². The standard InChI is InChI=1S/C19H32ClN3O4/c1-5-21-19(22-8-7-9-26-11-10-24-3)23-14-15-12-16(20)18(27-6-2)17(13-15)25-4/h12-13H,5-11,14H2,1-4H3,(H2,21,22,23). The number of hydrogen-bond acceptors (Lipinski definition) is 5. The summed E-state index contributed by atoms with van der Waals surface area (Å²) in [6.45, 7) is 8.40. The molecule has 1 rings (SSSR count). The SMILES string of the molecule is CCNC(=NCc1cc(Cl)c(OCC)c(OC)c1)NCCCOCCOC. The van der Waals surface area contributed by atoms with Crippen molar-refractivity contribution < 1.29 is 18.9 Å². The van der Waals surface area contributed by atoms with Crippen LogP contribution in [-0.4, -0.2) is 59.7 Å². The normalized spacial score (nSPS) is 11.4. The second-order valence-electron chi connectivity index (χ2n) is 5.62. The number of ether oxygens (including phenoxy) is 4. The Labute approximate surface area is 167 Å². The lowest BCUT2D eigenvalue weighted by Crippen LogP contribution is -2.38. The van der Waals surface area contributed by atoms with Crippen molar-refractivity contribution in [2.75, 3.05) is 53.7 Å². The molecule has 8 heteroatoms. The van der Waals surface area contributed by atoms with Crippen LogP contribution in [0.5, 0.6) is 11.5 Å². The summed E-state index contributed by atoms with van der Waals surface area (Å²) in [4.78, 5) is 4.60. The first-order valence-corrected chi connectivity index (χ1v) is 9.62. The maximum absolute atomic E-state index is 6.32. The van der Waals surface area contributed by atoms with Crippen LogP contribution in [0.4, 0.5) is 0 Å². The zero-order chi connectivity index (χ0) is 19.9. The minimum Gasteiger partial charge on any atom is -0.493 e. The molecule has 0 aliphatic carbocycles. The predicted molar refractivity (Wildman–Crippen MR) is 109 cm³/mol. The van der Waals surface area contributed by atoms with E-state index < -0.39 is 0 Å². The van der Waals surface area contributed by atoms with Crippen molar-refractivity contribution in [1.29, 1.82) is 0 Å². The summed E-state index contributed by atoms with van der Waals surface area (Å²) in [5, 5.41) is 7.04. The Hall–Kier alpha value is -1.70. The van der Waals surface area contributed by atoms with Crippen LogP contribution in [-0.2, 0) is 16.0 Å². The van der Waals surface area contributed by atoms with Crippen molar-refractivity contribution in [2.45, 2.75) is 26.8 Å². The van der Waals surface area contributed by atoms with Crippen molar-refractivity contribution >= 4 is 17.6 Å². The fourth-order valence-electron chi connectivity index (χ4n) is 2.29. The highest BCUT2D eigenvalue weighted by Gasteiger charge is 2.11. The van der Waals surface area contributed by atoms with Gasteiger partial charge in [-0.1, -0.05) is 11.6 Å². The van der Waals surface area contributed by atoms with Gasteiger partial charge in [0.2, 0.25) is 0 Å². The number of aliphatic imine (C=N–C) groups is 1. The Bertz CT molecular complexity index is 570. The van der Waals surface area contributed by atoms with Gasteiger partial charge >= 0.3 is 0 Å². The van der Waals surface area contributed by atoms with E-state index in [-0.39, 0.29) is 0 Å². The third kappa shape index (κ3) is 9.17. The minimum absolute atomic E-state index is 0.474. The Kier molecular flexibility index (Phi) is 12.4. The largest absolute Gasteiger partial charge is 0.493 e. The molecule has 7 nitrogen and oxygen atoms in total. The molecule has 0 unspecified atom stereocenters. The van der Waals surface area contributed by atoms with Gasteiger partial charge in [0.1, 0.15) is 0 Å². The van der Waals surface area contributed by atoms with Crippen molar-refractivity contribution in [3.8, 4) is 11.5 Å². The van der Waals surface area contributed by atoms with Crippen molar-refractivity contribution in [1.82, 2.24) is 10.6 Å². The molecular weight excluding hydrogens is 370 g/mol. The second-order valence-corrected chi connectivity index (χ2v) is 6.03. The molecule has 0 atom stereocenters. The maximum Gasteiger partial charge on any atom is 0.191 e. The Morgan fingerprint density at radius 1 is 1.11 bits per heavy atom. The van der Waals surface area contributed by atoms with Crippen molar-refractivity contribution in [3.05, 3.63) is 22.7 Å². The highest BCUT2D eigenvalue weighted by Crippen LogP contribution is 2.36. The molecule has 0 heterocycles. The average molecular weight is 402 g/mol. The number of guanidine groups is 1. The molecule has 27 heavy (non-hydrogen) atoms. The molecule has 1 aromatic carbocycles. The van der Waals surface area contributed by atoms with Gasteiger partial charge in [-0.15, -0.1) is 0 Å². The summed E-state index contributed by atoms with van der Waals surface area (Å²) < 4.78 is 21.3. The molecule has 0 aliphatic rings. The van der Waals surface area contributed by atoms with Crippen LogP contribution in [0.25, 0.3) is 0 Å². The molecule has 0 aliphatic heterocycles. The van der Waals surface area contributed by atoms with Gasteiger partial charge in [-0.25, -0.2) is 4.99 Å². The molecule has 0 aromatic heterocycles. The molecule has 0 saturated carbocycles. The van der Waals surface area contributed by atoms with Gasteiger partial charge in [-0.05, 0) is 38.0 Å². The minimum atomic E-state index is 0.474. The maximum atomic E-state index is 6.32. The quantitative estimate of drug-likeness (QED) is 0.301. The van der Waals surface area contributed by atoms with E-state index in [2.05, 4.69) is 15.6 Å². The van der Waals surface area contributed by atoms with Gasteiger partial charge in [0.25, 0.3) is 0 Å². The monoisotopic (exact) mass is 401 g/mol. The van der Waals surface area contributed by atoms with E-state index in [0.29, 0.717) is 49.5 Å². The lowest BCUT2D eigenvalue weighted by Gasteiger charge is -2.14. The lowest BCUT2D eigenvalue weighted by atomic mass is 10.2. The van der Waals surface area contributed by atoms with E-state index >= 15 is 0 Å². The number of benzene rings is 1. The number of halogens is 1. The van der Waals surface area contributed by atoms with Crippen molar-refractivity contribution in [3.63, 3.8) is 0 Å². The summed E-state index contributed by atoms with van der Waals surface area (Å²) in [6, 6.07) is 3.75. The number of methoxy groups -OCH3 is 2. The van der Waals surface area contributed by atoms with Crippen LogP contribution in [0.2, 0.25) is 5.02 Å². The number of rotatable bonds is 13. The molecule has 0 amide bonds. The molecule has 0 fully saturated rings. The van der Waals surface area contributed by atoms with Gasteiger partial charge in [-0.2, -0.15) is 0 Å². The first-order chi connectivity index (χ1) is 13.2. The molecule has 2 N–H and O–H groups in total. The fourth-order valence-corrected chi connectivity index (χ4v) is 2.57. The zero-order valence-electron chi connectivity index (χ0n) is 16.8. The molecule has 0 spiro atoms. The van der Waals surface area contributed by atoms with Crippen LogP contribution in [0.1, 0.15) is 25.8 Å². The molecule has 0 bridgehead atoms. The Morgan fingerprint density at radius 2 is 1.93 bits per heavy atom. The average Bonchev–Trinajstić information content (AvgIpc) is 2.67. The number of nitrogens with zero attached hydrogens (tertiary/aromatic N) is 1. The van der Waals surface area contributed by atoms with E-state index in [1.165, 1.54) is 0 Å². The van der Waals surface area contributed by atoms with E-state index in [9.17, 15) is 0 Å². The first-order valence-electron chi connectivity index (χ1n) is 9.24. The van der Waals surface area contributed by atoms with Crippen LogP contribution < -0.4 is 20.1 Å². The van der Waals surface area contributed by atoms with Crippen LogP contribution in [0.15, 0.2) is 17.1 Å². The first kappa shape index (κ1) is 23.3. The summed E-state index contributed by atoms with van der Waals surface area (Å²) in [5.74, 6) is 1.92. The highest BCUT2D eigenvalue weighted by molar-refractivity contribution is 6.32. The Balaban J connectivity index is 2.60. The van der Waals surface area contributed by atoms with Crippen LogP contribution in [0, 0.1) is 0 Å². The predicted octanol–water partition coefficient (Wildman–Crippen LogP) is 2.86. The van der Waals surface area contributed by atoms with Crippen LogP contribution >= 0.6 is 11.6 Å². The third-order valence-corrected chi connectivity index (χ3v) is 3.81. The number of hydrogen-bond donors (Lipinski definition) is 2. The van der Waals surface area contributed by atoms with Crippen LogP contribution in [0.3, 0.4) is 0 Å². The topological polar surface area (TPSA) is 73.3 Å². The molecule has 1 aromatic rings. The summed E-state index contributed by atoms with van der Waals surface area (Å²) in [6.07, 6.45) is 0.886. The molecule has 0 radical (unpaired) electrons. The lowest BCUT2D eigenvalue weighted by molar-refractivity contribution is 0.0698. The third-order valence-electron chi connectivity index (χ3n) is 3.53. The van der Waals surface area contributed by atoms with E-state index in [4.69, 9.17) is 30.5 Å². The number of nitrogens with one attached hydrogen (secondary N) is 2. The zero-order valence-corrected chi connectivity index (χ0v) is 17.5. The van der Waals surface area contributed by atoms with Gasteiger partial charge in [0.15, 0.2) is 17.5 Å². The van der Waals surface area contributed by atoms with Gasteiger partial charge in [0, 0.05) is 26.8 Å². The molecule has 0 saturated heterocycles. The van der Waals surface area contributed by atoms with Gasteiger partial charge in [-0.3, -0.25) is 0 Å². The Morgan fingerprint density at radius 3 is 2.59 bits per heavy atom. The highest BCUT2D eigenvalue weighted by atomic mass is 35.5. The van der Waals surface area contributed by atoms with E-state index in [0.717, 1.165) is 31.0 Å². The van der Waals surface area contributed by atoms with Gasteiger partial charge < -0.3 is 29.6 Å². The van der Waals surface area contributed by atoms with E-state index in [1.807, 2.05) is 26.0 Å².